The number of fused-ring (bicyclic) bond motifs is 1. The maximum atomic E-state index is 12.9. The summed E-state index contributed by atoms with van der Waals surface area (Å²) >= 11 is 18.6. The first-order valence-corrected chi connectivity index (χ1v) is 10.7. The third-order valence-corrected chi connectivity index (χ3v) is 5.75. The van der Waals surface area contributed by atoms with Crippen molar-refractivity contribution < 1.29 is 9.53 Å². The van der Waals surface area contributed by atoms with Gasteiger partial charge in [0.1, 0.15) is 12.4 Å². The third kappa shape index (κ3) is 4.49. The van der Waals surface area contributed by atoms with Crippen molar-refractivity contribution in [2.24, 2.45) is 0 Å². The summed E-state index contributed by atoms with van der Waals surface area (Å²) in [7, 11) is 0. The molecular formula is C23H18Cl3N3O2. The van der Waals surface area contributed by atoms with E-state index < -0.39 is 0 Å². The number of carbonyl (C=O) groups is 1. The molecule has 5 nitrogen and oxygen atoms in total. The van der Waals surface area contributed by atoms with E-state index in [1.165, 1.54) is 6.07 Å². The number of nitrogens with one attached hydrogen (secondary N) is 1. The smallest absolute Gasteiger partial charge is 0.203 e. The van der Waals surface area contributed by atoms with Crippen LogP contribution in [0.4, 0.5) is 0 Å². The average Bonchev–Trinajstić information content (AvgIpc) is 3.01. The molecule has 4 aromatic rings. The van der Waals surface area contributed by atoms with Crippen molar-refractivity contribution in [2.45, 2.75) is 13.1 Å². The van der Waals surface area contributed by atoms with E-state index in [4.69, 9.17) is 44.9 Å². The second-order valence-corrected chi connectivity index (χ2v) is 8.13. The lowest BCUT2D eigenvalue weighted by Crippen LogP contribution is -2.29. The Morgan fingerprint density at radius 1 is 0.903 bits per heavy atom. The molecule has 31 heavy (non-hydrogen) atoms. The van der Waals surface area contributed by atoms with Crippen LogP contribution in [0.25, 0.3) is 11.0 Å². The molecule has 1 N–H and O–H groups in total. The number of rotatable bonds is 7. The summed E-state index contributed by atoms with van der Waals surface area (Å²) < 4.78 is 9.16. The fraction of sp³-hybridized carbons (Fsp3) is 0.130. The standard InChI is InChI=1S/C23H18Cl3N3O2/c24-15-9-10-17(19(26)13-15)21(30)14-29-20-8-4-7-18(25)22(20)28(23(29)27)11-12-31-16-5-2-1-3-6-16/h1-10,13,27H,11-12,14H2. The molecule has 0 atom stereocenters. The fourth-order valence-corrected chi connectivity index (χ4v) is 4.23. The Balaban J connectivity index is 1.66. The number of benzene rings is 3. The molecule has 8 heteroatoms. The molecular weight excluding hydrogens is 457 g/mol. The molecule has 0 saturated heterocycles. The number of imidazole rings is 1. The molecule has 0 aliphatic carbocycles. The fourth-order valence-electron chi connectivity index (χ4n) is 3.45. The summed E-state index contributed by atoms with van der Waals surface area (Å²) in [5.74, 6) is 0.525. The molecule has 0 saturated carbocycles. The van der Waals surface area contributed by atoms with E-state index in [-0.39, 0.29) is 23.0 Å². The number of para-hydroxylation sites is 2. The SMILES string of the molecule is N=c1n(CC(=O)c2ccc(Cl)cc2Cl)c2cccc(Cl)c2n1CCOc1ccccc1. The summed E-state index contributed by atoms with van der Waals surface area (Å²) in [6.07, 6.45) is 0. The Labute approximate surface area is 193 Å². The minimum absolute atomic E-state index is 0.0520. The Hall–Kier alpha value is -2.73. The number of ether oxygens (including phenoxy) is 1. The normalized spacial score (nSPS) is 11.1. The average molecular weight is 475 g/mol. The Morgan fingerprint density at radius 2 is 1.68 bits per heavy atom. The van der Waals surface area contributed by atoms with Crippen LogP contribution >= 0.6 is 34.8 Å². The monoisotopic (exact) mass is 473 g/mol. The zero-order valence-electron chi connectivity index (χ0n) is 16.3. The van der Waals surface area contributed by atoms with E-state index in [2.05, 4.69) is 0 Å². The molecule has 0 aliphatic heterocycles. The maximum Gasteiger partial charge on any atom is 0.203 e. The minimum atomic E-state index is -0.222. The van der Waals surface area contributed by atoms with Gasteiger partial charge in [-0.1, -0.05) is 59.1 Å². The molecule has 1 heterocycles. The zero-order chi connectivity index (χ0) is 22.0. The van der Waals surface area contributed by atoms with Gasteiger partial charge < -0.3 is 13.9 Å². The van der Waals surface area contributed by atoms with Crippen LogP contribution in [0.15, 0.2) is 66.7 Å². The molecule has 0 unspecified atom stereocenters. The van der Waals surface area contributed by atoms with Gasteiger partial charge in [-0.15, -0.1) is 0 Å². The molecule has 4 rings (SSSR count). The van der Waals surface area contributed by atoms with Gasteiger partial charge >= 0.3 is 0 Å². The van der Waals surface area contributed by atoms with E-state index in [0.717, 1.165) is 5.75 Å². The van der Waals surface area contributed by atoms with Crippen LogP contribution in [-0.2, 0) is 13.1 Å². The molecule has 1 aromatic heterocycles. The van der Waals surface area contributed by atoms with Crippen LogP contribution in [0.2, 0.25) is 15.1 Å². The minimum Gasteiger partial charge on any atom is -0.492 e. The Morgan fingerprint density at radius 3 is 2.42 bits per heavy atom. The van der Waals surface area contributed by atoms with Crippen molar-refractivity contribution in [2.75, 3.05) is 6.61 Å². The first-order valence-electron chi connectivity index (χ1n) is 9.54. The van der Waals surface area contributed by atoms with Gasteiger partial charge in [-0.25, -0.2) is 0 Å². The van der Waals surface area contributed by atoms with Gasteiger partial charge in [0.2, 0.25) is 5.62 Å². The van der Waals surface area contributed by atoms with Gasteiger partial charge in [-0.05, 0) is 42.5 Å². The summed E-state index contributed by atoms with van der Waals surface area (Å²) in [6.45, 7) is 0.697. The zero-order valence-corrected chi connectivity index (χ0v) is 18.6. The number of carbonyl (C=O) groups excluding carboxylic acids is 1. The first-order chi connectivity index (χ1) is 15.0. The van der Waals surface area contributed by atoms with Crippen molar-refractivity contribution in [1.82, 2.24) is 9.13 Å². The number of Topliss-reactive ketones (excluding diaryl/α,β-unsaturated/α-hetero) is 1. The van der Waals surface area contributed by atoms with Crippen molar-refractivity contribution in [3.8, 4) is 5.75 Å². The van der Waals surface area contributed by atoms with E-state index in [1.807, 2.05) is 36.4 Å². The van der Waals surface area contributed by atoms with E-state index in [1.54, 1.807) is 33.4 Å². The molecule has 0 bridgehead atoms. The van der Waals surface area contributed by atoms with Crippen molar-refractivity contribution in [1.29, 1.82) is 5.41 Å². The van der Waals surface area contributed by atoms with Crippen molar-refractivity contribution in [3.63, 3.8) is 0 Å². The van der Waals surface area contributed by atoms with Gasteiger partial charge in [-0.2, -0.15) is 0 Å². The van der Waals surface area contributed by atoms with Crippen LogP contribution in [0.1, 0.15) is 10.4 Å². The molecule has 0 spiro atoms. The van der Waals surface area contributed by atoms with Gasteiger partial charge in [0.05, 0.1) is 34.2 Å². The maximum absolute atomic E-state index is 12.9. The van der Waals surface area contributed by atoms with Crippen LogP contribution in [0.5, 0.6) is 5.75 Å². The predicted molar refractivity (Wildman–Crippen MR) is 124 cm³/mol. The predicted octanol–water partition coefficient (Wildman–Crippen LogP) is 5.84. The van der Waals surface area contributed by atoms with Gasteiger partial charge in [0.15, 0.2) is 5.78 Å². The lowest BCUT2D eigenvalue weighted by Gasteiger charge is -2.08. The summed E-state index contributed by atoms with van der Waals surface area (Å²) in [5, 5.41) is 9.94. The second kappa shape index (κ2) is 9.18. The highest BCUT2D eigenvalue weighted by Gasteiger charge is 2.18. The van der Waals surface area contributed by atoms with Crippen LogP contribution < -0.4 is 10.4 Å². The number of hydrogen-bond donors (Lipinski definition) is 1. The Kier molecular flexibility index (Phi) is 6.37. The van der Waals surface area contributed by atoms with Crippen LogP contribution in [-0.4, -0.2) is 21.5 Å². The summed E-state index contributed by atoms with van der Waals surface area (Å²) in [6, 6.07) is 19.6. The van der Waals surface area contributed by atoms with E-state index in [0.29, 0.717) is 39.8 Å². The lowest BCUT2D eigenvalue weighted by molar-refractivity contribution is 0.0971. The molecule has 0 fully saturated rings. The largest absolute Gasteiger partial charge is 0.492 e. The van der Waals surface area contributed by atoms with E-state index >= 15 is 0 Å². The number of halogens is 3. The molecule has 3 aromatic carbocycles. The highest BCUT2D eigenvalue weighted by atomic mass is 35.5. The van der Waals surface area contributed by atoms with Crippen molar-refractivity contribution in [3.05, 3.63) is 93.0 Å². The third-order valence-electron chi connectivity index (χ3n) is 4.90. The molecule has 0 aliphatic rings. The number of aromatic nitrogens is 2. The molecule has 158 valence electrons. The summed E-state index contributed by atoms with van der Waals surface area (Å²) in [5.41, 5.74) is 1.88. The topological polar surface area (TPSA) is 60.0 Å². The van der Waals surface area contributed by atoms with Gasteiger partial charge in [0, 0.05) is 10.6 Å². The second-order valence-electron chi connectivity index (χ2n) is 6.88. The lowest BCUT2D eigenvalue weighted by atomic mass is 10.1. The summed E-state index contributed by atoms with van der Waals surface area (Å²) in [4.78, 5) is 12.9. The highest BCUT2D eigenvalue weighted by Crippen LogP contribution is 2.25. The first kappa shape index (κ1) is 21.5. The Bertz CT molecular complexity index is 1310. The van der Waals surface area contributed by atoms with Gasteiger partial charge in [-0.3, -0.25) is 10.2 Å². The van der Waals surface area contributed by atoms with Gasteiger partial charge in [0.25, 0.3) is 0 Å². The number of hydrogen-bond acceptors (Lipinski definition) is 3. The van der Waals surface area contributed by atoms with Crippen LogP contribution in [0, 0.1) is 5.41 Å². The van der Waals surface area contributed by atoms with Crippen molar-refractivity contribution >= 4 is 51.6 Å². The quantitative estimate of drug-likeness (QED) is 0.342. The molecule has 0 radical (unpaired) electrons. The van der Waals surface area contributed by atoms with Crippen LogP contribution in [0.3, 0.4) is 0 Å². The number of nitrogens with zero attached hydrogens (tertiary/aromatic N) is 2. The molecule has 0 amide bonds. The number of ketones is 1. The van der Waals surface area contributed by atoms with E-state index in [9.17, 15) is 4.79 Å². The highest BCUT2D eigenvalue weighted by molar-refractivity contribution is 6.37.